The number of hydrogen-bond donors (Lipinski definition) is 1. The minimum absolute atomic E-state index is 0. The Labute approximate surface area is 154 Å². The van der Waals surface area contributed by atoms with E-state index in [4.69, 9.17) is 4.74 Å². The lowest BCUT2D eigenvalue weighted by Gasteiger charge is -2.25. The molecule has 2 heterocycles. The van der Waals surface area contributed by atoms with E-state index in [1.54, 1.807) is 0 Å². The zero-order valence-electron chi connectivity index (χ0n) is 14.2. The maximum Gasteiger partial charge on any atom is 0.193 e. The minimum atomic E-state index is -0.822. The fourth-order valence-corrected chi connectivity index (χ4v) is 3.88. The Morgan fingerprint density at radius 2 is 2.14 bits per heavy atom. The van der Waals surface area contributed by atoms with E-state index >= 15 is 0 Å². The van der Waals surface area contributed by atoms with Gasteiger partial charge in [0.25, 0.3) is 0 Å². The molecule has 7 heteroatoms. The van der Waals surface area contributed by atoms with Crippen molar-refractivity contribution in [3.05, 3.63) is 0 Å². The Bertz CT molecular complexity index is 418. The average molecular weight is 443 g/mol. The van der Waals surface area contributed by atoms with Gasteiger partial charge < -0.3 is 15.0 Å². The summed E-state index contributed by atoms with van der Waals surface area (Å²) in [5, 5.41) is 3.36. The van der Waals surface area contributed by atoms with Crippen LogP contribution in [0.1, 0.15) is 33.6 Å². The van der Waals surface area contributed by atoms with Gasteiger partial charge >= 0.3 is 0 Å². The molecule has 1 spiro atoms. The van der Waals surface area contributed by atoms with E-state index < -0.39 is 10.8 Å². The summed E-state index contributed by atoms with van der Waals surface area (Å²) in [5.41, 5.74) is 0.339. The molecule has 0 radical (unpaired) electrons. The van der Waals surface area contributed by atoms with Crippen LogP contribution in [0.5, 0.6) is 0 Å². The van der Waals surface area contributed by atoms with E-state index in [-0.39, 0.29) is 28.7 Å². The van der Waals surface area contributed by atoms with Crippen LogP contribution in [-0.2, 0) is 15.5 Å². The van der Waals surface area contributed by atoms with Gasteiger partial charge in [-0.15, -0.1) is 24.0 Å². The smallest absolute Gasteiger partial charge is 0.193 e. The first-order chi connectivity index (χ1) is 9.86. The normalized spacial score (nSPS) is 27.1. The summed E-state index contributed by atoms with van der Waals surface area (Å²) in [5.74, 6) is 1.59. The molecule has 1 N–H and O–H groups in total. The summed E-state index contributed by atoms with van der Waals surface area (Å²) in [6.45, 7) is 10.6. The van der Waals surface area contributed by atoms with Crippen LogP contribution in [0.15, 0.2) is 4.99 Å². The van der Waals surface area contributed by atoms with Crippen LogP contribution in [0.3, 0.4) is 0 Å². The Kier molecular flexibility index (Phi) is 7.59. The molecule has 0 aromatic carbocycles. The van der Waals surface area contributed by atoms with Crippen LogP contribution in [0.25, 0.3) is 0 Å². The van der Waals surface area contributed by atoms with Crippen molar-refractivity contribution in [1.29, 1.82) is 0 Å². The second kappa shape index (κ2) is 8.28. The largest absolute Gasteiger partial charge is 0.381 e. The molecule has 0 bridgehead atoms. The number of aliphatic imine (C=N–C) groups is 1. The van der Waals surface area contributed by atoms with Crippen molar-refractivity contribution in [2.45, 2.75) is 38.4 Å². The first-order valence-electron chi connectivity index (χ1n) is 7.78. The van der Waals surface area contributed by atoms with Crippen LogP contribution >= 0.6 is 24.0 Å². The van der Waals surface area contributed by atoms with Gasteiger partial charge in [-0.3, -0.25) is 9.20 Å². The highest BCUT2D eigenvalue weighted by atomic mass is 127. The number of rotatable bonds is 3. The van der Waals surface area contributed by atoms with E-state index in [0.29, 0.717) is 17.7 Å². The summed E-state index contributed by atoms with van der Waals surface area (Å²) in [6, 6.07) is 0. The van der Waals surface area contributed by atoms with E-state index in [1.807, 2.05) is 27.8 Å². The predicted octanol–water partition coefficient (Wildman–Crippen LogP) is 1.84. The molecule has 2 saturated heterocycles. The highest BCUT2D eigenvalue weighted by Gasteiger charge is 2.42. The van der Waals surface area contributed by atoms with Gasteiger partial charge in [0.1, 0.15) is 0 Å². The molecule has 130 valence electrons. The second-order valence-electron chi connectivity index (χ2n) is 7.11. The van der Waals surface area contributed by atoms with E-state index in [0.717, 1.165) is 38.7 Å². The van der Waals surface area contributed by atoms with Crippen LogP contribution in [0.4, 0.5) is 0 Å². The lowest BCUT2D eigenvalue weighted by Crippen LogP contribution is -2.43. The zero-order valence-corrected chi connectivity index (χ0v) is 17.3. The third-order valence-corrected chi connectivity index (χ3v) is 6.33. The molecule has 5 nitrogen and oxygen atoms in total. The monoisotopic (exact) mass is 443 g/mol. The molecule has 0 aliphatic carbocycles. The van der Waals surface area contributed by atoms with Gasteiger partial charge in [0.2, 0.25) is 0 Å². The molecule has 0 amide bonds. The molecule has 2 aliphatic heterocycles. The Balaban J connectivity index is 0.00000242. The molecule has 0 saturated carbocycles. The van der Waals surface area contributed by atoms with Gasteiger partial charge in [0.05, 0.1) is 6.61 Å². The summed E-state index contributed by atoms with van der Waals surface area (Å²) in [7, 11) is 0.997. The minimum Gasteiger partial charge on any atom is -0.381 e. The number of halogens is 1. The van der Waals surface area contributed by atoms with E-state index in [2.05, 4.69) is 15.2 Å². The van der Waals surface area contributed by atoms with Gasteiger partial charge in [-0.1, -0.05) is 0 Å². The van der Waals surface area contributed by atoms with Crippen molar-refractivity contribution in [3.8, 4) is 0 Å². The summed E-state index contributed by atoms with van der Waals surface area (Å²) in [6.07, 6.45) is 2.34. The highest BCUT2D eigenvalue weighted by Crippen LogP contribution is 2.38. The quantitative estimate of drug-likeness (QED) is 0.411. The van der Waals surface area contributed by atoms with Crippen LogP contribution in [0, 0.1) is 5.41 Å². The zero-order chi connectivity index (χ0) is 15.5. The number of hydrogen-bond acceptors (Lipinski definition) is 3. The number of ether oxygens (including phenoxy) is 1. The van der Waals surface area contributed by atoms with Gasteiger partial charge in [0.15, 0.2) is 5.96 Å². The van der Waals surface area contributed by atoms with E-state index in [9.17, 15) is 4.21 Å². The van der Waals surface area contributed by atoms with Crippen molar-refractivity contribution in [2.75, 3.05) is 45.6 Å². The van der Waals surface area contributed by atoms with Crippen LogP contribution in [0.2, 0.25) is 0 Å². The average Bonchev–Trinajstić information content (AvgIpc) is 3.04. The molecule has 2 aliphatic rings. The number of nitrogens with one attached hydrogen (secondary N) is 1. The van der Waals surface area contributed by atoms with Gasteiger partial charge in [-0.2, -0.15) is 0 Å². The maximum atomic E-state index is 12.1. The third kappa shape index (κ3) is 5.06. The third-order valence-electron chi connectivity index (χ3n) is 4.39. The van der Waals surface area contributed by atoms with Crippen molar-refractivity contribution < 1.29 is 8.95 Å². The molecule has 22 heavy (non-hydrogen) atoms. The van der Waals surface area contributed by atoms with Crippen molar-refractivity contribution in [2.24, 2.45) is 10.4 Å². The first-order valence-corrected chi connectivity index (χ1v) is 9.10. The standard InChI is InChI=1S/C15H29N3O2S.HI/c1-14(2,3)21(19)10-7-17-13(16-4)18-8-5-15(11-18)6-9-20-12-15;/h5-12H2,1-4H3,(H,16,17);1H. The highest BCUT2D eigenvalue weighted by molar-refractivity contribution is 14.0. The Morgan fingerprint density at radius 1 is 1.41 bits per heavy atom. The maximum absolute atomic E-state index is 12.1. The van der Waals surface area contributed by atoms with Crippen LogP contribution in [-0.4, -0.2) is 65.5 Å². The van der Waals surface area contributed by atoms with Gasteiger partial charge in [-0.05, 0) is 33.6 Å². The Morgan fingerprint density at radius 3 is 2.68 bits per heavy atom. The summed E-state index contributed by atoms with van der Waals surface area (Å²) >= 11 is 0. The molecule has 2 rings (SSSR count). The molecule has 2 atom stereocenters. The van der Waals surface area contributed by atoms with Crippen molar-refractivity contribution >= 4 is 40.7 Å². The molecule has 2 fully saturated rings. The second-order valence-corrected chi connectivity index (χ2v) is 9.43. The molecule has 2 unspecified atom stereocenters. The molecular weight excluding hydrogens is 413 g/mol. The first kappa shape index (κ1) is 20.2. The lowest BCUT2D eigenvalue weighted by molar-refractivity contribution is 0.156. The van der Waals surface area contributed by atoms with Crippen LogP contribution < -0.4 is 5.32 Å². The van der Waals surface area contributed by atoms with Crippen molar-refractivity contribution in [1.82, 2.24) is 10.2 Å². The van der Waals surface area contributed by atoms with E-state index in [1.165, 1.54) is 6.42 Å². The topological polar surface area (TPSA) is 53.9 Å². The summed E-state index contributed by atoms with van der Waals surface area (Å²) < 4.78 is 17.5. The SMILES string of the molecule is CN=C(NCCS(=O)C(C)(C)C)N1CCC2(CCOC2)C1.I. The fourth-order valence-electron chi connectivity index (χ4n) is 2.98. The summed E-state index contributed by atoms with van der Waals surface area (Å²) in [4.78, 5) is 6.69. The molecule has 0 aromatic heterocycles. The Hall–Kier alpha value is 0.110. The molecular formula is C15H30IN3O2S. The molecule has 0 aromatic rings. The van der Waals surface area contributed by atoms with Gasteiger partial charge in [0, 0.05) is 60.0 Å². The lowest BCUT2D eigenvalue weighted by atomic mass is 9.87. The number of nitrogens with zero attached hydrogens (tertiary/aromatic N) is 2. The fraction of sp³-hybridized carbons (Fsp3) is 0.933. The predicted molar refractivity (Wildman–Crippen MR) is 104 cm³/mol. The van der Waals surface area contributed by atoms with Crippen molar-refractivity contribution in [3.63, 3.8) is 0 Å². The number of guanidine groups is 1. The number of likely N-dealkylation sites (tertiary alicyclic amines) is 1. The van der Waals surface area contributed by atoms with Gasteiger partial charge in [-0.25, -0.2) is 0 Å².